The van der Waals surface area contributed by atoms with Crippen LogP contribution in [0.1, 0.15) is 22.5 Å². The number of hydrogen-bond acceptors (Lipinski definition) is 2. The number of aryl methyl sites for hydroxylation is 2. The first kappa shape index (κ1) is 17.7. The number of benzene rings is 2. The molecular weight excluding hydrogens is 360 g/mol. The second-order valence-electron chi connectivity index (χ2n) is 6.80. The van der Waals surface area contributed by atoms with Gasteiger partial charge in [0.15, 0.2) is 0 Å². The predicted molar refractivity (Wildman–Crippen MR) is 92.6 cm³/mol. The van der Waals surface area contributed by atoms with Crippen molar-refractivity contribution in [2.45, 2.75) is 25.6 Å². The van der Waals surface area contributed by atoms with Crippen LogP contribution >= 0.6 is 0 Å². The van der Waals surface area contributed by atoms with Crippen LogP contribution in [-0.4, -0.2) is 21.1 Å². The van der Waals surface area contributed by atoms with Gasteiger partial charge in [0.25, 0.3) is 0 Å². The second-order valence-corrected chi connectivity index (χ2v) is 6.80. The number of fused-ring (bicyclic) bond motifs is 3. The average Bonchev–Trinajstić information content (AvgIpc) is 2.99. The Balaban J connectivity index is 2.17. The molecule has 1 aliphatic carbocycles. The summed E-state index contributed by atoms with van der Waals surface area (Å²) in [5.41, 5.74) is -1.50. The van der Waals surface area contributed by atoms with Crippen LogP contribution in [0, 0.1) is 19.7 Å². The fourth-order valence-corrected chi connectivity index (χ4v) is 4.01. The van der Waals surface area contributed by atoms with E-state index in [9.17, 15) is 22.7 Å². The molecule has 0 radical (unpaired) electrons. The number of alkyl halides is 3. The molecule has 7 heteroatoms. The fraction of sp³-hybridized carbons (Fsp3) is 0.250. The minimum absolute atomic E-state index is 0.186. The third kappa shape index (κ3) is 2.21. The van der Waals surface area contributed by atoms with Gasteiger partial charge >= 0.3 is 6.18 Å². The maximum absolute atomic E-state index is 14.4. The highest BCUT2D eigenvalue weighted by Crippen LogP contribution is 2.57. The zero-order chi connectivity index (χ0) is 19.7. The summed E-state index contributed by atoms with van der Waals surface area (Å²) in [6, 6.07) is 7.74. The highest BCUT2D eigenvalue weighted by Gasteiger charge is 2.61. The van der Waals surface area contributed by atoms with Crippen molar-refractivity contribution in [1.82, 2.24) is 9.78 Å². The van der Waals surface area contributed by atoms with Gasteiger partial charge in [0.2, 0.25) is 5.60 Å². The number of nitrogens with zero attached hydrogens (tertiary/aromatic N) is 2. The Hall–Kier alpha value is -2.67. The predicted octanol–water partition coefficient (Wildman–Crippen LogP) is 4.62. The molecule has 3 nitrogen and oxygen atoms in total. The molecule has 0 saturated carbocycles. The fourth-order valence-electron chi connectivity index (χ4n) is 4.01. The van der Waals surface area contributed by atoms with Gasteiger partial charge in [-0.3, -0.25) is 4.68 Å². The van der Waals surface area contributed by atoms with E-state index in [0.29, 0.717) is 22.5 Å². The SMILES string of the molecule is Cc1nn(C)c(C)c1-c1cc(F)cc2c1-c1ccccc1C2(O)C(F)(F)F. The topological polar surface area (TPSA) is 38.0 Å². The Morgan fingerprint density at radius 1 is 1.00 bits per heavy atom. The first-order chi connectivity index (χ1) is 12.6. The average molecular weight is 376 g/mol. The Kier molecular flexibility index (Phi) is 3.56. The van der Waals surface area contributed by atoms with Crippen LogP contribution in [-0.2, 0) is 12.6 Å². The van der Waals surface area contributed by atoms with Gasteiger partial charge in [-0.25, -0.2) is 4.39 Å². The summed E-state index contributed by atoms with van der Waals surface area (Å²) in [4.78, 5) is 0. The van der Waals surface area contributed by atoms with Crippen molar-refractivity contribution in [1.29, 1.82) is 0 Å². The van der Waals surface area contributed by atoms with E-state index in [1.807, 2.05) is 0 Å². The standard InChI is InChI=1S/C20H16F4N2O/c1-10-17(11(2)26(3)25-10)14-8-12(21)9-16-18(14)13-6-4-5-7-15(13)19(16,27)20(22,23)24/h4-9,27H,1-3H3. The lowest BCUT2D eigenvalue weighted by atomic mass is 9.88. The monoisotopic (exact) mass is 376 g/mol. The normalized spacial score (nSPS) is 18.5. The zero-order valence-corrected chi connectivity index (χ0v) is 14.8. The maximum Gasteiger partial charge on any atom is 0.425 e. The van der Waals surface area contributed by atoms with Crippen LogP contribution < -0.4 is 0 Å². The van der Waals surface area contributed by atoms with Crippen LogP contribution in [0.4, 0.5) is 17.6 Å². The third-order valence-electron chi connectivity index (χ3n) is 5.27. The quantitative estimate of drug-likeness (QED) is 0.630. The molecule has 4 rings (SSSR count). The Labute approximate surface area is 152 Å². The van der Waals surface area contributed by atoms with Crippen molar-refractivity contribution in [2.24, 2.45) is 7.05 Å². The van der Waals surface area contributed by atoms with E-state index in [2.05, 4.69) is 5.10 Å². The molecule has 27 heavy (non-hydrogen) atoms. The van der Waals surface area contributed by atoms with Gasteiger partial charge in [-0.15, -0.1) is 0 Å². The first-order valence-electron chi connectivity index (χ1n) is 8.31. The van der Waals surface area contributed by atoms with E-state index in [4.69, 9.17) is 0 Å². The first-order valence-corrected chi connectivity index (χ1v) is 8.31. The molecule has 0 spiro atoms. The lowest BCUT2D eigenvalue weighted by molar-refractivity contribution is -0.246. The van der Waals surface area contributed by atoms with E-state index >= 15 is 0 Å². The summed E-state index contributed by atoms with van der Waals surface area (Å²) in [6.45, 7) is 3.49. The summed E-state index contributed by atoms with van der Waals surface area (Å²) in [7, 11) is 1.71. The van der Waals surface area contributed by atoms with E-state index in [-0.39, 0.29) is 16.7 Å². The summed E-state index contributed by atoms with van der Waals surface area (Å²) in [5, 5.41) is 15.1. The van der Waals surface area contributed by atoms with Gasteiger partial charge < -0.3 is 5.11 Å². The molecule has 140 valence electrons. The van der Waals surface area contributed by atoms with E-state index in [1.54, 1.807) is 31.6 Å². The number of hydrogen-bond donors (Lipinski definition) is 1. The molecule has 1 unspecified atom stereocenters. The van der Waals surface area contributed by atoms with E-state index < -0.39 is 23.2 Å². The Morgan fingerprint density at radius 3 is 2.26 bits per heavy atom. The Bertz CT molecular complexity index is 1080. The van der Waals surface area contributed by atoms with Gasteiger partial charge in [-0.05, 0) is 42.7 Å². The van der Waals surface area contributed by atoms with Gasteiger partial charge in [0.05, 0.1) is 5.69 Å². The van der Waals surface area contributed by atoms with Crippen molar-refractivity contribution >= 4 is 0 Å². The molecule has 1 atom stereocenters. The Morgan fingerprint density at radius 2 is 1.67 bits per heavy atom. The van der Waals surface area contributed by atoms with Crippen molar-refractivity contribution in [3.63, 3.8) is 0 Å². The smallest absolute Gasteiger partial charge is 0.372 e. The van der Waals surface area contributed by atoms with Gasteiger partial charge in [0, 0.05) is 29.4 Å². The molecule has 0 saturated heterocycles. The molecule has 0 amide bonds. The van der Waals surface area contributed by atoms with Crippen LogP contribution in [0.5, 0.6) is 0 Å². The zero-order valence-electron chi connectivity index (χ0n) is 14.8. The maximum atomic E-state index is 14.4. The highest BCUT2D eigenvalue weighted by molar-refractivity contribution is 5.93. The third-order valence-corrected chi connectivity index (χ3v) is 5.27. The largest absolute Gasteiger partial charge is 0.425 e. The molecule has 3 aromatic rings. The molecule has 0 bridgehead atoms. The molecule has 1 aromatic heterocycles. The summed E-state index contributed by atoms with van der Waals surface area (Å²) in [6.07, 6.45) is -5.00. The molecule has 1 heterocycles. The van der Waals surface area contributed by atoms with E-state index in [0.717, 1.165) is 6.07 Å². The molecule has 0 aliphatic heterocycles. The summed E-state index contributed by atoms with van der Waals surface area (Å²) < 4.78 is 57.8. The summed E-state index contributed by atoms with van der Waals surface area (Å²) >= 11 is 0. The summed E-state index contributed by atoms with van der Waals surface area (Å²) in [5.74, 6) is -0.845. The highest BCUT2D eigenvalue weighted by atomic mass is 19.4. The van der Waals surface area contributed by atoms with Crippen molar-refractivity contribution in [3.05, 3.63) is 64.7 Å². The lowest BCUT2D eigenvalue weighted by Gasteiger charge is -2.28. The van der Waals surface area contributed by atoms with Crippen molar-refractivity contribution in [2.75, 3.05) is 0 Å². The minimum atomic E-state index is -5.00. The van der Waals surface area contributed by atoms with Crippen LogP contribution in [0.25, 0.3) is 22.3 Å². The van der Waals surface area contributed by atoms with Gasteiger partial charge in [-0.1, -0.05) is 24.3 Å². The molecule has 1 N–H and O–H groups in total. The van der Waals surface area contributed by atoms with Crippen LogP contribution in [0.3, 0.4) is 0 Å². The minimum Gasteiger partial charge on any atom is -0.372 e. The van der Waals surface area contributed by atoms with Crippen molar-refractivity contribution in [3.8, 4) is 22.3 Å². The number of aliphatic hydroxyl groups is 1. The molecular formula is C20H16F4N2O. The van der Waals surface area contributed by atoms with Crippen molar-refractivity contribution < 1.29 is 22.7 Å². The lowest BCUT2D eigenvalue weighted by Crippen LogP contribution is -2.41. The van der Waals surface area contributed by atoms with Gasteiger partial charge in [0.1, 0.15) is 5.82 Å². The van der Waals surface area contributed by atoms with Crippen LogP contribution in [0.2, 0.25) is 0 Å². The number of halogens is 4. The van der Waals surface area contributed by atoms with Gasteiger partial charge in [-0.2, -0.15) is 18.3 Å². The van der Waals surface area contributed by atoms with Crippen LogP contribution in [0.15, 0.2) is 36.4 Å². The molecule has 2 aromatic carbocycles. The number of aromatic nitrogens is 2. The van der Waals surface area contributed by atoms with E-state index in [1.165, 1.54) is 24.3 Å². The second kappa shape index (κ2) is 5.42. The number of rotatable bonds is 1. The molecule has 1 aliphatic rings. The molecule has 0 fully saturated rings.